The number of aliphatic hydroxyl groups is 1. The first-order chi connectivity index (χ1) is 11.8. The zero-order valence-corrected chi connectivity index (χ0v) is 14.2. The van der Waals surface area contributed by atoms with E-state index in [-0.39, 0.29) is 12.0 Å². The lowest BCUT2D eigenvalue weighted by Crippen LogP contribution is -2.34. The molecule has 0 amide bonds. The molecule has 1 nitrogen and oxygen atoms in total. The second-order valence-corrected chi connectivity index (χ2v) is 6.94. The van der Waals surface area contributed by atoms with Crippen LogP contribution in [0.5, 0.6) is 0 Å². The lowest BCUT2D eigenvalue weighted by Gasteiger charge is -2.39. The Morgan fingerprint density at radius 3 is 2.50 bits per heavy atom. The number of hydrogen-bond donors (Lipinski definition) is 1. The van der Waals surface area contributed by atoms with Gasteiger partial charge in [0.1, 0.15) is 0 Å². The Morgan fingerprint density at radius 1 is 1.00 bits per heavy atom. The van der Waals surface area contributed by atoms with Crippen LogP contribution in [0.15, 0.2) is 66.8 Å². The van der Waals surface area contributed by atoms with Gasteiger partial charge in [-0.15, -0.1) is 0 Å². The van der Waals surface area contributed by atoms with Gasteiger partial charge in [0, 0.05) is 17.9 Å². The first-order valence-corrected chi connectivity index (χ1v) is 8.96. The molecule has 4 rings (SSSR count). The highest BCUT2D eigenvalue weighted by Crippen LogP contribution is 2.48. The number of fused-ring (bicyclic) bond motifs is 3. The Hall–Kier alpha value is -2.12. The monoisotopic (exact) mass is 316 g/mol. The zero-order valence-electron chi connectivity index (χ0n) is 14.2. The summed E-state index contributed by atoms with van der Waals surface area (Å²) in [5, 5.41) is 9.83. The van der Waals surface area contributed by atoms with E-state index in [1.54, 1.807) is 0 Å². The molecule has 1 N–H and O–H groups in total. The van der Waals surface area contributed by atoms with Crippen molar-refractivity contribution >= 4 is 0 Å². The van der Waals surface area contributed by atoms with Gasteiger partial charge < -0.3 is 5.11 Å². The van der Waals surface area contributed by atoms with Gasteiger partial charge in [-0.05, 0) is 47.1 Å². The minimum atomic E-state index is -0.0222. The van der Waals surface area contributed by atoms with Crippen molar-refractivity contribution in [3.05, 3.63) is 83.5 Å². The normalized spacial score (nSPS) is 17.8. The van der Waals surface area contributed by atoms with Gasteiger partial charge >= 0.3 is 0 Å². The molecule has 0 spiro atoms. The predicted octanol–water partition coefficient (Wildman–Crippen LogP) is 5.03. The van der Waals surface area contributed by atoms with E-state index in [0.717, 1.165) is 19.3 Å². The van der Waals surface area contributed by atoms with Gasteiger partial charge in [0.15, 0.2) is 0 Å². The summed E-state index contributed by atoms with van der Waals surface area (Å²) < 4.78 is 0. The highest BCUT2D eigenvalue weighted by Gasteiger charge is 2.39. The smallest absolute Gasteiger partial charge is 0.0439 e. The Kier molecular flexibility index (Phi) is 3.90. The first-order valence-electron chi connectivity index (χ1n) is 8.96. The summed E-state index contributed by atoms with van der Waals surface area (Å²) in [5.74, 6) is 0.366. The molecule has 2 aromatic rings. The van der Waals surface area contributed by atoms with Crippen molar-refractivity contribution in [3.8, 4) is 11.1 Å². The molecule has 122 valence electrons. The predicted molar refractivity (Wildman–Crippen MR) is 100 cm³/mol. The molecule has 0 fully saturated rings. The number of rotatable bonds is 5. The minimum Gasteiger partial charge on any atom is -0.396 e. The summed E-state index contributed by atoms with van der Waals surface area (Å²) >= 11 is 0. The van der Waals surface area contributed by atoms with E-state index in [4.69, 9.17) is 0 Å². The van der Waals surface area contributed by atoms with Gasteiger partial charge in [-0.1, -0.05) is 73.7 Å². The number of aliphatic hydroxyl groups excluding tert-OH is 1. The van der Waals surface area contributed by atoms with Gasteiger partial charge in [-0.25, -0.2) is 0 Å². The van der Waals surface area contributed by atoms with Crippen LogP contribution < -0.4 is 0 Å². The molecular weight excluding hydrogens is 292 g/mol. The first kappa shape index (κ1) is 15.4. The van der Waals surface area contributed by atoms with Crippen LogP contribution in [0.3, 0.4) is 0 Å². The maximum atomic E-state index is 9.83. The lowest BCUT2D eigenvalue weighted by atomic mass is 9.65. The molecule has 0 aromatic heterocycles. The third kappa shape index (κ3) is 2.19. The van der Waals surface area contributed by atoms with Crippen molar-refractivity contribution in [1.82, 2.24) is 0 Å². The summed E-state index contributed by atoms with van der Waals surface area (Å²) in [6.07, 6.45) is 11.7. The minimum absolute atomic E-state index is 0.0222. The highest BCUT2D eigenvalue weighted by molar-refractivity contribution is 5.78. The Morgan fingerprint density at radius 2 is 1.75 bits per heavy atom. The molecule has 24 heavy (non-hydrogen) atoms. The van der Waals surface area contributed by atoms with E-state index in [2.05, 4.69) is 73.7 Å². The van der Waals surface area contributed by atoms with E-state index < -0.39 is 0 Å². The maximum absolute atomic E-state index is 9.83. The van der Waals surface area contributed by atoms with E-state index in [1.807, 2.05) is 0 Å². The zero-order chi connectivity index (χ0) is 16.6. The molecule has 0 bridgehead atoms. The third-order valence-electron chi connectivity index (χ3n) is 5.96. The molecule has 0 heterocycles. The van der Waals surface area contributed by atoms with Crippen molar-refractivity contribution in [2.24, 2.45) is 5.92 Å². The third-order valence-corrected chi connectivity index (χ3v) is 5.96. The molecule has 2 aliphatic carbocycles. The molecule has 0 saturated heterocycles. The van der Waals surface area contributed by atoms with Gasteiger partial charge in [-0.2, -0.15) is 0 Å². The molecule has 0 saturated carbocycles. The lowest BCUT2D eigenvalue weighted by molar-refractivity contribution is 0.213. The van der Waals surface area contributed by atoms with E-state index in [9.17, 15) is 5.11 Å². The van der Waals surface area contributed by atoms with Crippen LogP contribution in [0.2, 0.25) is 0 Å². The quantitative estimate of drug-likeness (QED) is 0.700. The fraction of sp³-hybridized carbons (Fsp3) is 0.304. The van der Waals surface area contributed by atoms with Crippen molar-refractivity contribution < 1.29 is 5.11 Å². The topological polar surface area (TPSA) is 20.2 Å². The molecule has 1 atom stereocenters. The fourth-order valence-electron chi connectivity index (χ4n) is 4.71. The molecule has 2 aliphatic rings. The van der Waals surface area contributed by atoms with Crippen molar-refractivity contribution in [3.63, 3.8) is 0 Å². The van der Waals surface area contributed by atoms with E-state index in [0.29, 0.717) is 5.92 Å². The summed E-state index contributed by atoms with van der Waals surface area (Å²) in [7, 11) is 0. The van der Waals surface area contributed by atoms with Crippen LogP contribution in [0, 0.1) is 5.92 Å². The van der Waals surface area contributed by atoms with Gasteiger partial charge in [0.2, 0.25) is 0 Å². The molecular formula is C23H24O. The van der Waals surface area contributed by atoms with Gasteiger partial charge in [0.25, 0.3) is 0 Å². The summed E-state index contributed by atoms with van der Waals surface area (Å²) in [6, 6.07) is 15.5. The van der Waals surface area contributed by atoms with Gasteiger partial charge in [-0.3, -0.25) is 0 Å². The van der Waals surface area contributed by atoms with Crippen molar-refractivity contribution in [1.29, 1.82) is 0 Å². The average Bonchev–Trinajstić information content (AvgIpc) is 3.27. The SMILES string of the molecule is CCC(CCO)(c1cccc2c1Cc1ccccc1-2)C1C=CC=C1. The second kappa shape index (κ2) is 6.07. The number of benzene rings is 2. The highest BCUT2D eigenvalue weighted by atomic mass is 16.3. The average molecular weight is 316 g/mol. The maximum Gasteiger partial charge on any atom is 0.0439 e. The summed E-state index contributed by atoms with van der Waals surface area (Å²) in [6.45, 7) is 2.49. The van der Waals surface area contributed by atoms with E-state index in [1.165, 1.54) is 27.8 Å². The molecule has 0 radical (unpaired) electrons. The van der Waals surface area contributed by atoms with Crippen LogP contribution in [-0.4, -0.2) is 11.7 Å². The summed E-state index contributed by atoms with van der Waals surface area (Å²) in [5.41, 5.74) is 7.04. The molecule has 0 aliphatic heterocycles. The number of allylic oxidation sites excluding steroid dienone is 4. The van der Waals surface area contributed by atoms with Crippen LogP contribution in [0.1, 0.15) is 36.5 Å². The van der Waals surface area contributed by atoms with E-state index >= 15 is 0 Å². The van der Waals surface area contributed by atoms with Crippen molar-refractivity contribution in [2.45, 2.75) is 31.6 Å². The number of hydrogen-bond acceptors (Lipinski definition) is 1. The molecule has 1 heteroatoms. The Bertz CT molecular complexity index is 803. The Labute approximate surface area is 144 Å². The van der Waals surface area contributed by atoms with Crippen LogP contribution >= 0.6 is 0 Å². The Balaban J connectivity index is 1.89. The fourth-order valence-corrected chi connectivity index (χ4v) is 4.71. The van der Waals surface area contributed by atoms with Crippen molar-refractivity contribution in [2.75, 3.05) is 6.61 Å². The van der Waals surface area contributed by atoms with Crippen LogP contribution in [-0.2, 0) is 11.8 Å². The largest absolute Gasteiger partial charge is 0.396 e. The second-order valence-electron chi connectivity index (χ2n) is 6.94. The summed E-state index contributed by atoms with van der Waals surface area (Å²) in [4.78, 5) is 0. The molecule has 2 aromatic carbocycles. The van der Waals surface area contributed by atoms with Crippen LogP contribution in [0.4, 0.5) is 0 Å². The van der Waals surface area contributed by atoms with Gasteiger partial charge in [0.05, 0.1) is 0 Å². The molecule has 1 unspecified atom stereocenters. The van der Waals surface area contributed by atoms with Crippen LogP contribution in [0.25, 0.3) is 11.1 Å². The standard InChI is InChI=1S/C23H24O/c1-2-23(14-15-24,18-9-4-5-10-18)22-13-7-12-20-19-11-6-3-8-17(19)16-21(20)22/h3-13,18,24H,2,14-16H2,1H3.